The monoisotopic (exact) mass is 503 g/mol. The van der Waals surface area contributed by atoms with Gasteiger partial charge in [-0.25, -0.2) is 4.99 Å². The normalized spacial score (nSPS) is 15.4. The molecule has 0 saturated carbocycles. The first-order chi connectivity index (χ1) is 13.2. The van der Waals surface area contributed by atoms with E-state index in [0.717, 1.165) is 45.1 Å². The molecule has 5 nitrogen and oxygen atoms in total. The van der Waals surface area contributed by atoms with Crippen LogP contribution in [0, 0.1) is 5.92 Å². The van der Waals surface area contributed by atoms with Gasteiger partial charge in [-0.1, -0.05) is 51.0 Å². The lowest BCUT2D eigenvalue weighted by Crippen LogP contribution is -2.39. The molecule has 0 spiro atoms. The average Bonchev–Trinajstić information content (AvgIpc) is 2.72. The van der Waals surface area contributed by atoms with Crippen molar-refractivity contribution in [2.24, 2.45) is 10.9 Å². The first kappa shape index (κ1) is 25.2. The highest BCUT2D eigenvalue weighted by Crippen LogP contribution is 2.14. The molecule has 6 heteroatoms. The van der Waals surface area contributed by atoms with E-state index in [9.17, 15) is 0 Å². The van der Waals surface area contributed by atoms with Gasteiger partial charge in [0.2, 0.25) is 0 Å². The van der Waals surface area contributed by atoms with Gasteiger partial charge in [-0.2, -0.15) is 0 Å². The third-order valence-electron chi connectivity index (χ3n) is 5.12. The zero-order valence-electron chi connectivity index (χ0n) is 17.7. The Kier molecular flexibility index (Phi) is 13.5. The molecule has 1 aromatic rings. The van der Waals surface area contributed by atoms with Gasteiger partial charge in [0.25, 0.3) is 0 Å². The van der Waals surface area contributed by atoms with Crippen molar-refractivity contribution in [3.8, 4) is 0 Å². The fraction of sp³-hybridized carbons (Fsp3) is 0.682. The van der Waals surface area contributed by atoms with Crippen LogP contribution in [0.5, 0.6) is 0 Å². The number of halogens is 1. The summed E-state index contributed by atoms with van der Waals surface area (Å²) in [5.41, 5.74) is 2.42. The predicted octanol–water partition coefficient (Wildman–Crippen LogP) is 4.49. The van der Waals surface area contributed by atoms with Crippen molar-refractivity contribution in [1.29, 1.82) is 0 Å². The van der Waals surface area contributed by atoms with Gasteiger partial charge in [-0.15, -0.1) is 24.0 Å². The fourth-order valence-corrected chi connectivity index (χ4v) is 3.20. The molecule has 0 aliphatic carbocycles. The topological polar surface area (TPSA) is 54.9 Å². The van der Waals surface area contributed by atoms with Crippen LogP contribution in [0.1, 0.15) is 57.6 Å². The van der Waals surface area contributed by atoms with Crippen molar-refractivity contribution in [3.05, 3.63) is 35.4 Å². The summed E-state index contributed by atoms with van der Waals surface area (Å²) in [6.45, 7) is 11.4. The Bertz CT molecular complexity index is 558. The number of nitrogens with zero attached hydrogens (tertiary/aromatic N) is 1. The second-order valence-electron chi connectivity index (χ2n) is 7.20. The zero-order chi connectivity index (χ0) is 19.3. The molecule has 0 atom stereocenters. The molecule has 2 N–H and O–H groups in total. The quantitative estimate of drug-likeness (QED) is 0.281. The fourth-order valence-electron chi connectivity index (χ4n) is 3.20. The molecule has 2 rings (SSSR count). The van der Waals surface area contributed by atoms with Crippen LogP contribution in [-0.4, -0.2) is 38.4 Å². The van der Waals surface area contributed by atoms with Crippen LogP contribution in [-0.2, 0) is 22.6 Å². The summed E-state index contributed by atoms with van der Waals surface area (Å²) in [5.74, 6) is 1.59. The summed E-state index contributed by atoms with van der Waals surface area (Å²) in [6.07, 6.45) is 4.71. The minimum absolute atomic E-state index is 0. The second-order valence-corrected chi connectivity index (χ2v) is 7.20. The van der Waals surface area contributed by atoms with Gasteiger partial charge in [0.1, 0.15) is 0 Å². The smallest absolute Gasteiger partial charge is 0.191 e. The first-order valence-corrected chi connectivity index (χ1v) is 10.5. The van der Waals surface area contributed by atoms with Crippen LogP contribution >= 0.6 is 24.0 Å². The Hall–Kier alpha value is -0.860. The van der Waals surface area contributed by atoms with E-state index >= 15 is 0 Å². The highest BCUT2D eigenvalue weighted by Gasteiger charge is 2.14. The van der Waals surface area contributed by atoms with E-state index in [4.69, 9.17) is 14.5 Å². The number of guanidine groups is 1. The number of ether oxygens (including phenoxy) is 2. The van der Waals surface area contributed by atoms with E-state index in [2.05, 4.69) is 55.7 Å². The number of aliphatic imine (C=N–C) groups is 1. The van der Waals surface area contributed by atoms with Crippen LogP contribution < -0.4 is 10.6 Å². The van der Waals surface area contributed by atoms with Crippen molar-refractivity contribution < 1.29 is 9.47 Å². The summed E-state index contributed by atoms with van der Waals surface area (Å²) < 4.78 is 11.4. The maximum Gasteiger partial charge on any atom is 0.191 e. The standard InChI is InChI=1S/C22H37N3O2.HI/c1-4-18(5-2)15-24-22(23-6-3)25-16-19-8-7-9-20(14-19)17-27-21-10-12-26-13-11-21;/h7-9,14,18,21H,4-6,10-13,15-17H2,1-3H3,(H2,23,24,25);1H. The molecule has 1 fully saturated rings. The predicted molar refractivity (Wildman–Crippen MR) is 127 cm³/mol. The van der Waals surface area contributed by atoms with E-state index < -0.39 is 0 Å². The van der Waals surface area contributed by atoms with Gasteiger partial charge in [-0.05, 0) is 36.8 Å². The van der Waals surface area contributed by atoms with E-state index in [1.54, 1.807) is 0 Å². The molecular formula is C22H38IN3O2. The summed E-state index contributed by atoms with van der Waals surface area (Å²) in [7, 11) is 0. The number of nitrogens with one attached hydrogen (secondary N) is 2. The summed E-state index contributed by atoms with van der Waals surface area (Å²) in [6, 6.07) is 8.56. The average molecular weight is 503 g/mol. The molecule has 28 heavy (non-hydrogen) atoms. The SMILES string of the molecule is CCNC(=NCc1cccc(COC2CCOCC2)c1)NCC(CC)CC.I. The highest BCUT2D eigenvalue weighted by molar-refractivity contribution is 14.0. The first-order valence-electron chi connectivity index (χ1n) is 10.5. The van der Waals surface area contributed by atoms with Crippen molar-refractivity contribution in [1.82, 2.24) is 10.6 Å². The Morgan fingerprint density at radius 3 is 2.54 bits per heavy atom. The number of hydrogen-bond donors (Lipinski definition) is 2. The molecule has 1 saturated heterocycles. The third kappa shape index (κ3) is 9.56. The molecule has 0 bridgehead atoms. The van der Waals surface area contributed by atoms with E-state index in [1.807, 2.05) is 0 Å². The number of hydrogen-bond acceptors (Lipinski definition) is 3. The molecule has 0 unspecified atom stereocenters. The van der Waals surface area contributed by atoms with E-state index in [-0.39, 0.29) is 24.0 Å². The lowest BCUT2D eigenvalue weighted by atomic mass is 10.0. The molecule has 1 aromatic carbocycles. The Morgan fingerprint density at radius 1 is 1.14 bits per heavy atom. The lowest BCUT2D eigenvalue weighted by molar-refractivity contribution is -0.0390. The van der Waals surface area contributed by atoms with Crippen LogP contribution in [0.2, 0.25) is 0 Å². The molecule has 1 heterocycles. The van der Waals surface area contributed by atoms with Gasteiger partial charge in [0.15, 0.2) is 5.96 Å². The maximum atomic E-state index is 6.04. The zero-order valence-corrected chi connectivity index (χ0v) is 20.0. The summed E-state index contributed by atoms with van der Waals surface area (Å²) in [5, 5.41) is 6.82. The largest absolute Gasteiger partial charge is 0.381 e. The summed E-state index contributed by atoms with van der Waals surface area (Å²) in [4.78, 5) is 4.75. The Morgan fingerprint density at radius 2 is 1.86 bits per heavy atom. The van der Waals surface area contributed by atoms with E-state index in [1.165, 1.54) is 24.0 Å². The van der Waals surface area contributed by atoms with Crippen molar-refractivity contribution in [2.75, 3.05) is 26.3 Å². The number of benzene rings is 1. The van der Waals surface area contributed by atoms with Crippen molar-refractivity contribution in [3.63, 3.8) is 0 Å². The van der Waals surface area contributed by atoms with Gasteiger partial charge in [0.05, 0.1) is 19.3 Å². The minimum Gasteiger partial charge on any atom is -0.381 e. The van der Waals surface area contributed by atoms with Crippen molar-refractivity contribution in [2.45, 2.75) is 65.7 Å². The molecule has 0 aromatic heterocycles. The molecule has 160 valence electrons. The third-order valence-corrected chi connectivity index (χ3v) is 5.12. The Balaban J connectivity index is 0.00000392. The highest BCUT2D eigenvalue weighted by atomic mass is 127. The lowest BCUT2D eigenvalue weighted by Gasteiger charge is -2.22. The Labute approximate surface area is 188 Å². The molecular weight excluding hydrogens is 465 g/mol. The minimum atomic E-state index is 0. The van der Waals surface area contributed by atoms with Crippen LogP contribution in [0.3, 0.4) is 0 Å². The van der Waals surface area contributed by atoms with Crippen molar-refractivity contribution >= 4 is 29.9 Å². The van der Waals surface area contributed by atoms with E-state index in [0.29, 0.717) is 25.2 Å². The van der Waals surface area contributed by atoms with Gasteiger partial charge in [0, 0.05) is 26.3 Å². The second kappa shape index (κ2) is 15.0. The van der Waals surface area contributed by atoms with Gasteiger partial charge < -0.3 is 20.1 Å². The molecule has 1 aliphatic heterocycles. The van der Waals surface area contributed by atoms with Gasteiger partial charge in [-0.3, -0.25) is 0 Å². The summed E-state index contributed by atoms with van der Waals surface area (Å²) >= 11 is 0. The van der Waals surface area contributed by atoms with Crippen LogP contribution in [0.25, 0.3) is 0 Å². The maximum absolute atomic E-state index is 6.04. The number of rotatable bonds is 10. The van der Waals surface area contributed by atoms with Gasteiger partial charge >= 0.3 is 0 Å². The van der Waals surface area contributed by atoms with Crippen LogP contribution in [0.4, 0.5) is 0 Å². The molecule has 0 radical (unpaired) electrons. The molecule has 0 amide bonds. The van der Waals surface area contributed by atoms with Crippen LogP contribution in [0.15, 0.2) is 29.3 Å². The molecule has 1 aliphatic rings.